The maximum Gasteiger partial charge on any atom is 0.112 e. The van der Waals surface area contributed by atoms with Crippen LogP contribution in [0.25, 0.3) is 0 Å². The van der Waals surface area contributed by atoms with Gasteiger partial charge in [-0.3, -0.25) is 4.84 Å². The normalized spacial score (nSPS) is 14.3. The molecule has 0 spiro atoms. The van der Waals surface area contributed by atoms with Gasteiger partial charge in [0.05, 0.1) is 6.04 Å². The van der Waals surface area contributed by atoms with Gasteiger partial charge in [-0.1, -0.05) is 57.5 Å². The van der Waals surface area contributed by atoms with Gasteiger partial charge in [0.1, 0.15) is 11.1 Å². The van der Waals surface area contributed by atoms with Crippen molar-refractivity contribution in [1.29, 1.82) is 0 Å². The second-order valence-corrected chi connectivity index (χ2v) is 6.44. The molecule has 2 aromatic rings. The topological polar surface area (TPSA) is 34.1 Å². The second kappa shape index (κ2) is 8.27. The Balaban J connectivity index is 2.03. The molecule has 0 unspecified atom stereocenters. The van der Waals surface area contributed by atoms with Crippen molar-refractivity contribution in [1.82, 2.24) is 10.5 Å². The summed E-state index contributed by atoms with van der Waals surface area (Å²) >= 11 is 1.67. The minimum Gasteiger partial charge on any atom is -0.293 e. The van der Waals surface area contributed by atoms with Crippen LogP contribution >= 0.6 is 11.3 Å². The Kier molecular flexibility index (Phi) is 6.36. The molecule has 0 amide bonds. The third-order valence-electron chi connectivity index (χ3n) is 3.44. The van der Waals surface area contributed by atoms with Crippen molar-refractivity contribution < 1.29 is 4.84 Å². The summed E-state index contributed by atoms with van der Waals surface area (Å²) in [4.78, 5) is 10.4. The zero-order valence-electron chi connectivity index (χ0n) is 13.0. The number of thiazole rings is 1. The summed E-state index contributed by atoms with van der Waals surface area (Å²) in [5.74, 6) is 0.425. The predicted molar refractivity (Wildman–Crippen MR) is 88.0 cm³/mol. The van der Waals surface area contributed by atoms with E-state index in [4.69, 9.17) is 4.84 Å². The minimum atomic E-state index is 0.0809. The van der Waals surface area contributed by atoms with E-state index < -0.39 is 0 Å². The molecule has 2 rings (SSSR count). The van der Waals surface area contributed by atoms with E-state index >= 15 is 0 Å². The number of nitrogens with one attached hydrogen (secondary N) is 1. The molecular weight excluding hydrogens is 280 g/mol. The van der Waals surface area contributed by atoms with Gasteiger partial charge in [0.15, 0.2) is 0 Å². The van der Waals surface area contributed by atoms with E-state index in [-0.39, 0.29) is 12.1 Å². The molecule has 114 valence electrons. The third kappa shape index (κ3) is 4.63. The van der Waals surface area contributed by atoms with Gasteiger partial charge in [0, 0.05) is 11.6 Å². The zero-order chi connectivity index (χ0) is 15.1. The molecule has 0 aliphatic rings. The largest absolute Gasteiger partial charge is 0.293 e. The van der Waals surface area contributed by atoms with Crippen molar-refractivity contribution in [2.75, 3.05) is 0 Å². The number of nitrogens with zero attached hydrogens (tertiary/aromatic N) is 1. The molecule has 0 aliphatic carbocycles. The highest BCUT2D eigenvalue weighted by Gasteiger charge is 2.20. The number of hydrogen-bond acceptors (Lipinski definition) is 4. The van der Waals surface area contributed by atoms with Gasteiger partial charge in [-0.2, -0.15) is 5.48 Å². The maximum atomic E-state index is 6.03. The van der Waals surface area contributed by atoms with Gasteiger partial charge >= 0.3 is 0 Å². The fourth-order valence-corrected chi connectivity index (χ4v) is 3.09. The number of hydroxylamine groups is 1. The second-order valence-electron chi connectivity index (χ2n) is 5.52. The lowest BCUT2D eigenvalue weighted by molar-refractivity contribution is -0.0585. The Morgan fingerprint density at radius 1 is 1.24 bits per heavy atom. The average molecular weight is 304 g/mol. The van der Waals surface area contributed by atoms with Crippen molar-refractivity contribution in [3.63, 3.8) is 0 Å². The Morgan fingerprint density at radius 2 is 2.00 bits per heavy atom. The molecule has 0 saturated heterocycles. The van der Waals surface area contributed by atoms with Crippen molar-refractivity contribution in [3.05, 3.63) is 52.5 Å². The van der Waals surface area contributed by atoms with E-state index in [2.05, 4.69) is 55.5 Å². The monoisotopic (exact) mass is 304 g/mol. The molecule has 0 fully saturated rings. The highest BCUT2D eigenvalue weighted by atomic mass is 32.1. The van der Waals surface area contributed by atoms with E-state index in [9.17, 15) is 0 Å². The lowest BCUT2D eigenvalue weighted by Gasteiger charge is -2.24. The van der Waals surface area contributed by atoms with Crippen molar-refractivity contribution in [3.8, 4) is 0 Å². The average Bonchev–Trinajstić information content (AvgIpc) is 3.01. The van der Waals surface area contributed by atoms with Crippen LogP contribution in [0, 0.1) is 5.92 Å². The molecule has 1 N–H and O–H groups in total. The van der Waals surface area contributed by atoms with Crippen LogP contribution in [0.3, 0.4) is 0 Å². The first-order chi connectivity index (χ1) is 10.2. The number of rotatable bonds is 8. The van der Waals surface area contributed by atoms with Crippen LogP contribution in [0.2, 0.25) is 0 Å². The minimum absolute atomic E-state index is 0.0809. The Bertz CT molecular complexity index is 499. The van der Waals surface area contributed by atoms with Crippen LogP contribution in [0.1, 0.15) is 56.3 Å². The molecule has 0 saturated carbocycles. The van der Waals surface area contributed by atoms with Gasteiger partial charge in [-0.15, -0.1) is 11.3 Å². The molecule has 21 heavy (non-hydrogen) atoms. The summed E-state index contributed by atoms with van der Waals surface area (Å²) in [5.41, 5.74) is 4.47. The van der Waals surface area contributed by atoms with Crippen LogP contribution in [0.15, 0.2) is 41.9 Å². The Hall–Kier alpha value is -1.23. The highest BCUT2D eigenvalue weighted by molar-refractivity contribution is 7.09. The summed E-state index contributed by atoms with van der Waals surface area (Å²) < 4.78 is 0. The first-order valence-electron chi connectivity index (χ1n) is 7.57. The SMILES string of the molecule is CCC[C@@H](ON[C@@H](c1nccs1)C(C)C)c1ccccc1. The molecule has 3 nitrogen and oxygen atoms in total. The van der Waals surface area contributed by atoms with E-state index in [0.717, 1.165) is 17.8 Å². The van der Waals surface area contributed by atoms with Crippen molar-refractivity contribution >= 4 is 11.3 Å². The van der Waals surface area contributed by atoms with Crippen LogP contribution in [0.5, 0.6) is 0 Å². The lowest BCUT2D eigenvalue weighted by atomic mass is 10.1. The maximum absolute atomic E-state index is 6.03. The molecule has 0 radical (unpaired) electrons. The summed E-state index contributed by atoms with van der Waals surface area (Å²) in [6.45, 7) is 6.54. The zero-order valence-corrected chi connectivity index (χ0v) is 13.8. The van der Waals surface area contributed by atoms with E-state index in [1.54, 1.807) is 11.3 Å². The molecule has 2 atom stereocenters. The Labute approximate surface area is 131 Å². The standard InChI is InChI=1S/C17H24N2OS/c1-4-8-15(14-9-6-5-7-10-14)20-19-16(13(2)3)17-18-11-12-21-17/h5-7,9-13,15-16,19H,4,8H2,1-3H3/t15-,16-/m1/s1. The summed E-state index contributed by atoms with van der Waals surface area (Å²) in [6.07, 6.45) is 4.01. The van der Waals surface area contributed by atoms with Crippen molar-refractivity contribution in [2.24, 2.45) is 5.92 Å². The summed E-state index contributed by atoms with van der Waals surface area (Å²) in [7, 11) is 0. The smallest absolute Gasteiger partial charge is 0.112 e. The van der Waals surface area contributed by atoms with Gasteiger partial charge < -0.3 is 0 Å². The summed E-state index contributed by atoms with van der Waals surface area (Å²) in [6, 6.07) is 10.5. The van der Waals surface area contributed by atoms with E-state index in [0.29, 0.717) is 5.92 Å². The van der Waals surface area contributed by atoms with Gasteiger partial charge in [-0.05, 0) is 17.9 Å². The fourth-order valence-electron chi connectivity index (χ4n) is 2.24. The molecule has 0 aliphatic heterocycles. The van der Waals surface area contributed by atoms with Crippen LogP contribution in [0.4, 0.5) is 0 Å². The van der Waals surface area contributed by atoms with Crippen LogP contribution in [-0.4, -0.2) is 4.98 Å². The number of aromatic nitrogens is 1. The third-order valence-corrected chi connectivity index (χ3v) is 4.30. The van der Waals surface area contributed by atoms with Crippen LogP contribution < -0.4 is 5.48 Å². The van der Waals surface area contributed by atoms with E-state index in [1.807, 2.05) is 17.6 Å². The molecular formula is C17H24N2OS. The Morgan fingerprint density at radius 3 is 2.57 bits per heavy atom. The van der Waals surface area contributed by atoms with E-state index in [1.165, 1.54) is 5.56 Å². The molecule has 1 heterocycles. The first kappa shape index (κ1) is 16.1. The quantitative estimate of drug-likeness (QED) is 0.704. The molecule has 1 aromatic carbocycles. The van der Waals surface area contributed by atoms with Crippen LogP contribution in [-0.2, 0) is 4.84 Å². The fraction of sp³-hybridized carbons (Fsp3) is 0.471. The molecule has 4 heteroatoms. The van der Waals surface area contributed by atoms with Gasteiger partial charge in [0.2, 0.25) is 0 Å². The molecule has 0 bridgehead atoms. The number of benzene rings is 1. The first-order valence-corrected chi connectivity index (χ1v) is 8.45. The predicted octanol–water partition coefficient (Wildman–Crippen LogP) is 4.90. The lowest BCUT2D eigenvalue weighted by Crippen LogP contribution is -2.27. The van der Waals surface area contributed by atoms with Gasteiger partial charge in [0.25, 0.3) is 0 Å². The molecule has 1 aromatic heterocycles. The van der Waals surface area contributed by atoms with Gasteiger partial charge in [-0.25, -0.2) is 4.98 Å². The number of hydrogen-bond donors (Lipinski definition) is 1. The summed E-state index contributed by atoms with van der Waals surface area (Å²) in [5, 5.41) is 3.08. The van der Waals surface area contributed by atoms with Crippen molar-refractivity contribution in [2.45, 2.75) is 45.8 Å². The highest BCUT2D eigenvalue weighted by Crippen LogP contribution is 2.27.